The minimum Gasteiger partial charge on any atom is -0.495 e. The molecular formula is C23H25ClN4O2. The molecule has 1 N–H and O–H groups in total. The summed E-state index contributed by atoms with van der Waals surface area (Å²) >= 11 is 6.85. The van der Waals surface area contributed by atoms with E-state index in [-0.39, 0.29) is 5.91 Å². The number of halogens is 1. The molecule has 156 valence electrons. The van der Waals surface area contributed by atoms with Gasteiger partial charge in [0, 0.05) is 49.2 Å². The van der Waals surface area contributed by atoms with E-state index < -0.39 is 0 Å². The molecule has 1 saturated heterocycles. The Balaban J connectivity index is 1.62. The van der Waals surface area contributed by atoms with Gasteiger partial charge in [-0.1, -0.05) is 36.4 Å². The lowest BCUT2D eigenvalue weighted by Crippen LogP contribution is -2.47. The molecule has 6 nitrogen and oxygen atoms in total. The number of ether oxygens (including phenoxy) is 1. The molecule has 7 heteroatoms. The predicted octanol–water partition coefficient (Wildman–Crippen LogP) is 4.03. The van der Waals surface area contributed by atoms with Gasteiger partial charge in [0.05, 0.1) is 23.8 Å². The fourth-order valence-corrected chi connectivity index (χ4v) is 4.47. The minimum absolute atomic E-state index is 0.0107. The first-order chi connectivity index (χ1) is 14.5. The average Bonchev–Trinajstić information content (AvgIpc) is 3.23. The lowest BCUT2D eigenvalue weighted by molar-refractivity contribution is -0.127. The Labute approximate surface area is 181 Å². The van der Waals surface area contributed by atoms with E-state index in [0.717, 1.165) is 46.2 Å². The quantitative estimate of drug-likeness (QED) is 0.628. The highest BCUT2D eigenvalue weighted by atomic mass is 35.5. The van der Waals surface area contributed by atoms with Crippen LogP contribution in [0.3, 0.4) is 0 Å². The van der Waals surface area contributed by atoms with Gasteiger partial charge in [0.1, 0.15) is 5.75 Å². The second kappa shape index (κ2) is 8.50. The van der Waals surface area contributed by atoms with E-state index in [9.17, 15) is 4.79 Å². The number of aryl methyl sites for hydroxylation is 1. The van der Waals surface area contributed by atoms with Crippen molar-refractivity contribution in [1.82, 2.24) is 20.0 Å². The van der Waals surface area contributed by atoms with Crippen LogP contribution in [0.2, 0.25) is 5.02 Å². The molecule has 2 heterocycles. The summed E-state index contributed by atoms with van der Waals surface area (Å²) in [5, 5.41) is 8.84. The van der Waals surface area contributed by atoms with Gasteiger partial charge in [-0.2, -0.15) is 5.10 Å². The fourth-order valence-electron chi connectivity index (χ4n) is 4.11. The van der Waals surface area contributed by atoms with E-state index in [2.05, 4.69) is 46.8 Å². The zero-order valence-corrected chi connectivity index (χ0v) is 18.0. The Hall–Kier alpha value is -2.83. The standard InChI is InChI=1S/C23H25ClN4O2/c1-4-20(29)28-11-9-27(10-12-28)14-16-6-7-17(22(24)23(16)30-3)21-15(2)5-8-19-18(21)13-25-26-19/h4-8,13H,1,9-12,14H2,2-3H3,(H,25,26). The lowest BCUT2D eigenvalue weighted by atomic mass is 9.95. The Morgan fingerprint density at radius 3 is 2.73 bits per heavy atom. The molecule has 4 rings (SSSR count). The van der Waals surface area contributed by atoms with Crippen LogP contribution >= 0.6 is 11.6 Å². The summed E-state index contributed by atoms with van der Waals surface area (Å²) in [6.07, 6.45) is 3.21. The molecule has 1 amide bonds. The number of nitrogens with zero attached hydrogens (tertiary/aromatic N) is 3. The van der Waals surface area contributed by atoms with Crippen molar-refractivity contribution in [3.05, 3.63) is 59.3 Å². The van der Waals surface area contributed by atoms with Crippen LogP contribution in [0.5, 0.6) is 5.75 Å². The lowest BCUT2D eigenvalue weighted by Gasteiger charge is -2.34. The summed E-state index contributed by atoms with van der Waals surface area (Å²) in [5.41, 5.74) is 5.13. The zero-order valence-electron chi connectivity index (χ0n) is 17.2. The van der Waals surface area contributed by atoms with Gasteiger partial charge >= 0.3 is 0 Å². The topological polar surface area (TPSA) is 61.5 Å². The molecule has 2 aromatic carbocycles. The summed E-state index contributed by atoms with van der Waals surface area (Å²) in [6.45, 7) is 9.35. The fraction of sp³-hybridized carbons (Fsp3) is 0.304. The molecule has 0 unspecified atom stereocenters. The second-order valence-corrected chi connectivity index (χ2v) is 7.89. The Bertz CT molecular complexity index is 1100. The van der Waals surface area contributed by atoms with E-state index in [1.54, 1.807) is 7.11 Å². The number of H-pyrrole nitrogens is 1. The number of rotatable bonds is 5. The molecule has 0 bridgehead atoms. The van der Waals surface area contributed by atoms with Gasteiger partial charge in [-0.15, -0.1) is 0 Å². The number of aromatic nitrogens is 2. The van der Waals surface area contributed by atoms with Gasteiger partial charge in [-0.3, -0.25) is 14.8 Å². The third-order valence-corrected chi connectivity index (χ3v) is 6.11. The number of hydrogen-bond acceptors (Lipinski definition) is 4. The summed E-state index contributed by atoms with van der Waals surface area (Å²) < 4.78 is 5.73. The first-order valence-electron chi connectivity index (χ1n) is 9.95. The third kappa shape index (κ3) is 3.68. The maximum Gasteiger partial charge on any atom is 0.246 e. The smallest absolute Gasteiger partial charge is 0.246 e. The van der Waals surface area contributed by atoms with Crippen LogP contribution in [-0.4, -0.2) is 59.2 Å². The van der Waals surface area contributed by atoms with Gasteiger partial charge in [0.2, 0.25) is 5.91 Å². The largest absolute Gasteiger partial charge is 0.495 e. The second-order valence-electron chi connectivity index (χ2n) is 7.51. The van der Waals surface area contributed by atoms with Crippen LogP contribution in [0.1, 0.15) is 11.1 Å². The summed E-state index contributed by atoms with van der Waals surface area (Å²) in [6, 6.07) is 8.24. The van der Waals surface area contributed by atoms with Crippen molar-refractivity contribution in [3.63, 3.8) is 0 Å². The maximum absolute atomic E-state index is 11.8. The molecule has 1 aliphatic heterocycles. The zero-order chi connectivity index (χ0) is 21.3. The molecule has 3 aromatic rings. The number of nitrogens with one attached hydrogen (secondary N) is 1. The number of carbonyl (C=O) groups excluding carboxylic acids is 1. The molecule has 0 spiro atoms. The first kappa shape index (κ1) is 20.4. The number of hydrogen-bond donors (Lipinski definition) is 1. The number of benzene rings is 2. The summed E-state index contributed by atoms with van der Waals surface area (Å²) in [7, 11) is 1.65. The Kier molecular flexibility index (Phi) is 5.79. The van der Waals surface area contributed by atoms with Crippen LogP contribution in [0, 0.1) is 6.92 Å². The van der Waals surface area contributed by atoms with Crippen molar-refractivity contribution in [2.75, 3.05) is 33.3 Å². The van der Waals surface area contributed by atoms with E-state index in [1.165, 1.54) is 6.08 Å². The van der Waals surface area contributed by atoms with Crippen molar-refractivity contribution in [2.24, 2.45) is 0 Å². The van der Waals surface area contributed by atoms with Gasteiger partial charge in [0.25, 0.3) is 0 Å². The number of fused-ring (bicyclic) bond motifs is 1. The molecule has 1 fully saturated rings. The number of methoxy groups -OCH3 is 1. The van der Waals surface area contributed by atoms with Crippen LogP contribution in [0.25, 0.3) is 22.0 Å². The SMILES string of the molecule is C=CC(=O)N1CCN(Cc2ccc(-c3c(C)ccc4[nH]ncc34)c(Cl)c2OC)CC1. The normalized spacial score (nSPS) is 14.8. The molecular weight excluding hydrogens is 400 g/mol. The van der Waals surface area contributed by atoms with Gasteiger partial charge in [-0.05, 0) is 30.2 Å². The van der Waals surface area contributed by atoms with Crippen molar-refractivity contribution in [1.29, 1.82) is 0 Å². The molecule has 1 aromatic heterocycles. The summed E-state index contributed by atoms with van der Waals surface area (Å²) in [5.74, 6) is 0.682. The summed E-state index contributed by atoms with van der Waals surface area (Å²) in [4.78, 5) is 15.9. The van der Waals surface area contributed by atoms with Crippen LogP contribution in [0.15, 0.2) is 43.1 Å². The van der Waals surface area contributed by atoms with E-state index >= 15 is 0 Å². The highest BCUT2D eigenvalue weighted by molar-refractivity contribution is 6.35. The highest BCUT2D eigenvalue weighted by Crippen LogP contribution is 2.42. The minimum atomic E-state index is -0.0107. The van der Waals surface area contributed by atoms with Crippen molar-refractivity contribution in [3.8, 4) is 16.9 Å². The van der Waals surface area contributed by atoms with Crippen LogP contribution < -0.4 is 4.74 Å². The van der Waals surface area contributed by atoms with Crippen LogP contribution in [-0.2, 0) is 11.3 Å². The van der Waals surface area contributed by atoms with E-state index in [1.807, 2.05) is 17.2 Å². The van der Waals surface area contributed by atoms with Crippen molar-refractivity contribution in [2.45, 2.75) is 13.5 Å². The van der Waals surface area contributed by atoms with Crippen molar-refractivity contribution >= 4 is 28.4 Å². The molecule has 0 radical (unpaired) electrons. The monoisotopic (exact) mass is 424 g/mol. The highest BCUT2D eigenvalue weighted by Gasteiger charge is 2.22. The third-order valence-electron chi connectivity index (χ3n) is 5.74. The number of piperazine rings is 1. The number of amides is 1. The molecule has 0 aliphatic carbocycles. The first-order valence-corrected chi connectivity index (χ1v) is 10.3. The average molecular weight is 425 g/mol. The van der Waals surface area contributed by atoms with Gasteiger partial charge in [-0.25, -0.2) is 0 Å². The van der Waals surface area contributed by atoms with E-state index in [0.29, 0.717) is 30.4 Å². The molecule has 30 heavy (non-hydrogen) atoms. The number of carbonyl (C=O) groups is 1. The van der Waals surface area contributed by atoms with Gasteiger partial charge < -0.3 is 9.64 Å². The molecule has 0 saturated carbocycles. The van der Waals surface area contributed by atoms with Crippen LogP contribution in [0.4, 0.5) is 0 Å². The Morgan fingerprint density at radius 2 is 2.03 bits per heavy atom. The van der Waals surface area contributed by atoms with Crippen molar-refractivity contribution < 1.29 is 9.53 Å². The number of aromatic amines is 1. The molecule has 1 aliphatic rings. The predicted molar refractivity (Wildman–Crippen MR) is 120 cm³/mol. The van der Waals surface area contributed by atoms with Gasteiger partial charge in [0.15, 0.2) is 0 Å². The Morgan fingerprint density at radius 1 is 1.27 bits per heavy atom. The maximum atomic E-state index is 11.8. The van der Waals surface area contributed by atoms with E-state index in [4.69, 9.17) is 16.3 Å². The molecule has 0 atom stereocenters.